The number of hydrogen-bond donors (Lipinski definition) is 1. The first-order chi connectivity index (χ1) is 12.5. The van der Waals surface area contributed by atoms with Gasteiger partial charge in [0.25, 0.3) is 0 Å². The standard InChI is InChI=1S/C18H22N4O3S/c1-12-3-5-14(6-4-12)22-11-19-20-18(22)26-10-16(23)21-8-7-13(2)9-15(21)17(24)25/h3-6,11,13,15H,7-10H2,1-2H3,(H,24,25). The van der Waals surface area contributed by atoms with Crippen molar-refractivity contribution in [3.8, 4) is 5.69 Å². The molecule has 2 unspecified atom stereocenters. The van der Waals surface area contributed by atoms with E-state index in [1.807, 2.05) is 42.7 Å². The van der Waals surface area contributed by atoms with Gasteiger partial charge in [-0.15, -0.1) is 10.2 Å². The van der Waals surface area contributed by atoms with Crippen molar-refractivity contribution in [1.29, 1.82) is 0 Å². The number of benzene rings is 1. The molecule has 1 aliphatic rings. The largest absolute Gasteiger partial charge is 0.480 e. The van der Waals surface area contributed by atoms with E-state index in [-0.39, 0.29) is 11.7 Å². The summed E-state index contributed by atoms with van der Waals surface area (Å²) >= 11 is 1.27. The molecule has 1 N–H and O–H groups in total. The van der Waals surface area contributed by atoms with Crippen LogP contribution in [0.4, 0.5) is 0 Å². The zero-order chi connectivity index (χ0) is 18.7. The summed E-state index contributed by atoms with van der Waals surface area (Å²) in [6, 6.07) is 7.21. The van der Waals surface area contributed by atoms with Gasteiger partial charge < -0.3 is 10.0 Å². The molecule has 0 radical (unpaired) electrons. The number of rotatable bonds is 5. The normalized spacial score (nSPS) is 20.2. The SMILES string of the molecule is Cc1ccc(-n2cnnc2SCC(=O)N2CCC(C)CC2C(=O)O)cc1. The molecule has 1 aromatic carbocycles. The van der Waals surface area contributed by atoms with E-state index < -0.39 is 12.0 Å². The second kappa shape index (κ2) is 7.90. The Morgan fingerprint density at radius 3 is 2.73 bits per heavy atom. The van der Waals surface area contributed by atoms with E-state index in [0.29, 0.717) is 24.0 Å². The van der Waals surface area contributed by atoms with Gasteiger partial charge in [0.05, 0.1) is 5.75 Å². The Bertz CT molecular complexity index is 790. The molecule has 1 fully saturated rings. The number of hydrogen-bond acceptors (Lipinski definition) is 5. The molecule has 26 heavy (non-hydrogen) atoms. The smallest absolute Gasteiger partial charge is 0.326 e. The van der Waals surface area contributed by atoms with Crippen molar-refractivity contribution in [3.63, 3.8) is 0 Å². The Balaban J connectivity index is 1.68. The van der Waals surface area contributed by atoms with E-state index in [1.165, 1.54) is 16.7 Å². The quantitative estimate of drug-likeness (QED) is 0.809. The summed E-state index contributed by atoms with van der Waals surface area (Å²) in [4.78, 5) is 25.6. The van der Waals surface area contributed by atoms with Crippen molar-refractivity contribution in [2.75, 3.05) is 12.3 Å². The topological polar surface area (TPSA) is 88.3 Å². The first kappa shape index (κ1) is 18.4. The predicted octanol–water partition coefficient (Wildman–Crippen LogP) is 2.38. The number of amides is 1. The molecule has 3 rings (SSSR count). The maximum atomic E-state index is 12.6. The first-order valence-electron chi connectivity index (χ1n) is 8.58. The number of nitrogens with zero attached hydrogens (tertiary/aromatic N) is 4. The molecule has 0 bridgehead atoms. The van der Waals surface area contributed by atoms with Crippen LogP contribution in [0.1, 0.15) is 25.3 Å². The Morgan fingerprint density at radius 1 is 1.31 bits per heavy atom. The number of carbonyl (C=O) groups excluding carboxylic acids is 1. The van der Waals surface area contributed by atoms with Gasteiger partial charge in [0.15, 0.2) is 5.16 Å². The van der Waals surface area contributed by atoms with Gasteiger partial charge in [-0.3, -0.25) is 9.36 Å². The highest BCUT2D eigenvalue weighted by atomic mass is 32.2. The van der Waals surface area contributed by atoms with Crippen LogP contribution in [0.5, 0.6) is 0 Å². The Morgan fingerprint density at radius 2 is 2.04 bits per heavy atom. The van der Waals surface area contributed by atoms with Crippen molar-refractivity contribution < 1.29 is 14.7 Å². The molecule has 8 heteroatoms. The number of carboxylic acids is 1. The fourth-order valence-electron chi connectivity index (χ4n) is 3.09. The summed E-state index contributed by atoms with van der Waals surface area (Å²) in [5.41, 5.74) is 2.08. The number of thioether (sulfide) groups is 1. The monoisotopic (exact) mass is 374 g/mol. The van der Waals surface area contributed by atoms with Crippen LogP contribution in [0.25, 0.3) is 5.69 Å². The van der Waals surface area contributed by atoms with Crippen LogP contribution < -0.4 is 0 Å². The van der Waals surface area contributed by atoms with Crippen molar-refractivity contribution in [2.45, 2.75) is 37.9 Å². The van der Waals surface area contributed by atoms with Crippen LogP contribution in [0.3, 0.4) is 0 Å². The van der Waals surface area contributed by atoms with Gasteiger partial charge in [0.2, 0.25) is 5.91 Å². The number of aliphatic carboxylic acids is 1. The van der Waals surface area contributed by atoms with Crippen molar-refractivity contribution in [2.24, 2.45) is 5.92 Å². The number of aryl methyl sites for hydroxylation is 1. The highest BCUT2D eigenvalue weighted by molar-refractivity contribution is 7.99. The summed E-state index contributed by atoms with van der Waals surface area (Å²) in [5.74, 6) is -0.647. The lowest BCUT2D eigenvalue weighted by Gasteiger charge is -2.35. The van der Waals surface area contributed by atoms with E-state index in [0.717, 1.165) is 17.7 Å². The fraction of sp³-hybridized carbons (Fsp3) is 0.444. The van der Waals surface area contributed by atoms with Crippen molar-refractivity contribution in [1.82, 2.24) is 19.7 Å². The molecule has 1 aliphatic heterocycles. The summed E-state index contributed by atoms with van der Waals surface area (Å²) in [6.07, 6.45) is 2.95. The highest BCUT2D eigenvalue weighted by Crippen LogP contribution is 2.25. The number of aromatic nitrogens is 3. The van der Waals surface area contributed by atoms with Crippen LogP contribution in [0.2, 0.25) is 0 Å². The molecule has 1 aromatic heterocycles. The van der Waals surface area contributed by atoms with Crippen molar-refractivity contribution in [3.05, 3.63) is 36.2 Å². The minimum atomic E-state index is -0.933. The first-order valence-corrected chi connectivity index (χ1v) is 9.56. The zero-order valence-corrected chi connectivity index (χ0v) is 15.6. The van der Waals surface area contributed by atoms with E-state index >= 15 is 0 Å². The number of carboxylic acid groups (broad SMARTS) is 1. The van der Waals surface area contributed by atoms with Gasteiger partial charge in [-0.1, -0.05) is 36.4 Å². The van der Waals surface area contributed by atoms with Gasteiger partial charge in [0, 0.05) is 12.2 Å². The van der Waals surface area contributed by atoms with Gasteiger partial charge in [-0.2, -0.15) is 0 Å². The van der Waals surface area contributed by atoms with E-state index in [1.54, 1.807) is 6.33 Å². The predicted molar refractivity (Wildman–Crippen MR) is 98.4 cm³/mol. The average Bonchev–Trinajstić information content (AvgIpc) is 3.08. The average molecular weight is 374 g/mol. The number of piperidine rings is 1. The maximum absolute atomic E-state index is 12.6. The molecule has 0 spiro atoms. The van der Waals surface area contributed by atoms with Crippen LogP contribution in [0, 0.1) is 12.8 Å². The summed E-state index contributed by atoms with van der Waals surface area (Å²) < 4.78 is 1.82. The van der Waals surface area contributed by atoms with Crippen molar-refractivity contribution >= 4 is 23.6 Å². The van der Waals surface area contributed by atoms with Crippen LogP contribution >= 0.6 is 11.8 Å². The Labute approximate surface area is 156 Å². The molecule has 1 amide bonds. The molecule has 1 saturated heterocycles. The lowest BCUT2D eigenvalue weighted by molar-refractivity contribution is -0.151. The van der Waals surface area contributed by atoms with Crippen LogP contribution in [-0.4, -0.2) is 55.0 Å². The minimum absolute atomic E-state index is 0.142. The molecule has 0 aliphatic carbocycles. The van der Waals surface area contributed by atoms with E-state index in [2.05, 4.69) is 10.2 Å². The summed E-state index contributed by atoms with van der Waals surface area (Å²) in [5, 5.41) is 18.1. The fourth-order valence-corrected chi connectivity index (χ4v) is 3.90. The second-order valence-corrected chi connectivity index (χ2v) is 7.62. The Hall–Kier alpha value is -2.35. The molecular weight excluding hydrogens is 352 g/mol. The van der Waals surface area contributed by atoms with E-state index in [9.17, 15) is 14.7 Å². The highest BCUT2D eigenvalue weighted by Gasteiger charge is 2.34. The summed E-state index contributed by atoms with van der Waals surface area (Å²) in [6.45, 7) is 4.53. The van der Waals surface area contributed by atoms with Crippen LogP contribution in [0.15, 0.2) is 35.7 Å². The zero-order valence-electron chi connectivity index (χ0n) is 14.8. The Kier molecular flexibility index (Phi) is 5.61. The molecular formula is C18H22N4O3S. The third-order valence-corrected chi connectivity index (χ3v) is 5.55. The number of carbonyl (C=O) groups is 2. The number of likely N-dealkylation sites (tertiary alicyclic amines) is 1. The molecule has 2 aromatic rings. The second-order valence-electron chi connectivity index (χ2n) is 6.68. The molecule has 2 heterocycles. The molecule has 2 atom stereocenters. The minimum Gasteiger partial charge on any atom is -0.480 e. The third kappa shape index (κ3) is 4.07. The van der Waals surface area contributed by atoms with Gasteiger partial charge in [-0.05, 0) is 37.8 Å². The molecule has 7 nitrogen and oxygen atoms in total. The van der Waals surface area contributed by atoms with Gasteiger partial charge in [-0.25, -0.2) is 4.79 Å². The summed E-state index contributed by atoms with van der Waals surface area (Å²) in [7, 11) is 0. The maximum Gasteiger partial charge on any atom is 0.326 e. The lowest BCUT2D eigenvalue weighted by Crippen LogP contribution is -2.50. The van der Waals surface area contributed by atoms with Gasteiger partial charge >= 0.3 is 5.97 Å². The molecule has 138 valence electrons. The van der Waals surface area contributed by atoms with Gasteiger partial charge in [0.1, 0.15) is 12.4 Å². The lowest BCUT2D eigenvalue weighted by atomic mass is 9.92. The van der Waals surface area contributed by atoms with E-state index in [4.69, 9.17) is 0 Å². The third-order valence-electron chi connectivity index (χ3n) is 4.62. The van der Waals surface area contributed by atoms with Crippen LogP contribution in [-0.2, 0) is 9.59 Å². The molecule has 0 saturated carbocycles.